The van der Waals surface area contributed by atoms with Crippen LogP contribution in [0.15, 0.2) is 54.7 Å². The van der Waals surface area contributed by atoms with E-state index in [1.165, 1.54) is 11.3 Å². The van der Waals surface area contributed by atoms with E-state index in [4.69, 9.17) is 9.47 Å². The Kier molecular flexibility index (Phi) is 15.9. The average Bonchev–Trinajstić information content (AvgIpc) is 3.55. The van der Waals surface area contributed by atoms with Crippen LogP contribution in [-0.2, 0) is 29.1 Å². The largest absolute Gasteiger partial charge is 0.493 e. The fraction of sp³-hybridized carbons (Fsp3) is 0.561. The van der Waals surface area contributed by atoms with Crippen LogP contribution in [0, 0.1) is 18.8 Å². The van der Waals surface area contributed by atoms with E-state index >= 15 is 0 Å². The summed E-state index contributed by atoms with van der Waals surface area (Å²) in [5.41, 5.74) is 1.54. The van der Waals surface area contributed by atoms with Crippen molar-refractivity contribution in [2.24, 2.45) is 11.8 Å². The van der Waals surface area contributed by atoms with Gasteiger partial charge in [0.1, 0.15) is 6.04 Å². The molecular formula is C41H61N7O6S. The summed E-state index contributed by atoms with van der Waals surface area (Å²) in [4.78, 5) is 52.0. The maximum atomic E-state index is 14.0. The van der Waals surface area contributed by atoms with E-state index in [2.05, 4.69) is 25.8 Å². The lowest BCUT2D eigenvalue weighted by Crippen LogP contribution is -2.63. The van der Waals surface area contributed by atoms with E-state index in [-0.39, 0.29) is 36.9 Å². The zero-order valence-corrected chi connectivity index (χ0v) is 34.7. The van der Waals surface area contributed by atoms with Crippen LogP contribution in [0.3, 0.4) is 0 Å². The van der Waals surface area contributed by atoms with Crippen LogP contribution < -0.4 is 25.4 Å². The summed E-state index contributed by atoms with van der Waals surface area (Å²) in [5, 5.41) is 22.1. The van der Waals surface area contributed by atoms with Crippen molar-refractivity contribution in [3.05, 3.63) is 75.7 Å². The van der Waals surface area contributed by atoms with Crippen LogP contribution in [0.2, 0.25) is 0 Å². The fourth-order valence-electron chi connectivity index (χ4n) is 6.73. The first-order chi connectivity index (χ1) is 26.1. The molecule has 4 N–H and O–H groups in total. The number of thiazole rings is 1. The standard InChI is InChI=1S/C41H61N7O6S/c1-27(2)32(22-43-40(52)46(7)24-31-21-42-28(3)55-31)38(50)44-33(19-29-13-11-10-12-14-29)35(49)26-48-18-17-47(25-34(48)39(51)45-41(4,5)6)23-30-15-16-36(53-8)37(20-30)54-9/h10-16,20-21,27,32-35,49H,17-19,22-26H2,1-9H3,(H,43,52)(H,44,50)(H,45,51)/t32-,33-,34-,35+/m1/s1. The Bertz CT molecular complexity index is 1700. The van der Waals surface area contributed by atoms with Crippen molar-refractivity contribution >= 4 is 29.2 Å². The van der Waals surface area contributed by atoms with E-state index in [9.17, 15) is 19.5 Å². The number of aliphatic hydroxyl groups is 1. The van der Waals surface area contributed by atoms with Gasteiger partial charge in [0.2, 0.25) is 11.8 Å². The van der Waals surface area contributed by atoms with Crippen LogP contribution in [0.4, 0.5) is 4.79 Å². The molecule has 302 valence electrons. The minimum absolute atomic E-state index is 0.0894. The topological polar surface area (TPSA) is 149 Å². The highest BCUT2D eigenvalue weighted by Gasteiger charge is 2.37. The zero-order valence-electron chi connectivity index (χ0n) is 33.9. The lowest BCUT2D eigenvalue weighted by molar-refractivity contribution is -0.132. The third-order valence-corrected chi connectivity index (χ3v) is 10.7. The third kappa shape index (κ3) is 13.2. The van der Waals surface area contributed by atoms with Gasteiger partial charge >= 0.3 is 6.03 Å². The molecule has 4 rings (SSSR count). The number of β-amino-alcohol motifs (C(OH)–C–C–N with tert-alkyl or cyclic N) is 1. The highest BCUT2D eigenvalue weighted by molar-refractivity contribution is 7.11. The SMILES string of the molecule is COc1ccc(CN2CCN(C[C@H](O)[C@@H](Cc3ccccc3)NC(=O)[C@H](CNC(=O)N(C)Cc3cnc(C)s3)C(C)C)[C@@H](C(=O)NC(C)(C)C)C2)cc1OC. The number of amides is 4. The summed E-state index contributed by atoms with van der Waals surface area (Å²) in [6.07, 6.45) is 1.16. The van der Waals surface area contributed by atoms with Crippen LogP contribution in [0.5, 0.6) is 11.5 Å². The van der Waals surface area contributed by atoms with E-state index in [1.54, 1.807) is 32.4 Å². The predicted molar refractivity (Wildman–Crippen MR) is 216 cm³/mol. The Morgan fingerprint density at radius 2 is 1.75 bits per heavy atom. The Hall–Kier alpha value is -4.24. The Balaban J connectivity index is 1.48. The number of rotatable bonds is 17. The highest BCUT2D eigenvalue weighted by Crippen LogP contribution is 2.28. The molecular weight excluding hydrogens is 719 g/mol. The number of hydrogen-bond donors (Lipinski definition) is 4. The molecule has 0 radical (unpaired) electrons. The Morgan fingerprint density at radius 3 is 2.36 bits per heavy atom. The molecule has 0 saturated carbocycles. The molecule has 0 unspecified atom stereocenters. The van der Waals surface area contributed by atoms with Gasteiger partial charge < -0.3 is 35.4 Å². The smallest absolute Gasteiger partial charge is 0.317 e. The summed E-state index contributed by atoms with van der Waals surface area (Å²) < 4.78 is 10.9. The molecule has 3 aromatic rings. The maximum absolute atomic E-state index is 14.0. The quantitative estimate of drug-likeness (QED) is 0.159. The van der Waals surface area contributed by atoms with E-state index in [0.717, 1.165) is 21.0 Å². The average molecular weight is 780 g/mol. The molecule has 1 aliphatic heterocycles. The van der Waals surface area contributed by atoms with Gasteiger partial charge in [0.05, 0.1) is 43.8 Å². The number of benzene rings is 2. The molecule has 2 aromatic carbocycles. The molecule has 14 heteroatoms. The molecule has 4 amide bonds. The summed E-state index contributed by atoms with van der Waals surface area (Å²) in [6, 6.07) is 14.1. The van der Waals surface area contributed by atoms with Gasteiger partial charge in [-0.15, -0.1) is 11.3 Å². The number of piperazine rings is 1. The monoisotopic (exact) mass is 779 g/mol. The van der Waals surface area contributed by atoms with Crippen LogP contribution in [-0.4, -0.2) is 120 Å². The number of ether oxygens (including phenoxy) is 2. The number of carbonyl (C=O) groups excluding carboxylic acids is 3. The number of nitrogens with one attached hydrogen (secondary N) is 3. The normalized spacial score (nSPS) is 16.9. The van der Waals surface area contributed by atoms with Gasteiger partial charge in [-0.25, -0.2) is 9.78 Å². The molecule has 55 heavy (non-hydrogen) atoms. The lowest BCUT2D eigenvalue weighted by Gasteiger charge is -2.43. The second-order valence-electron chi connectivity index (χ2n) is 15.8. The number of urea groups is 1. The van der Waals surface area contributed by atoms with Gasteiger partial charge in [0, 0.05) is 62.9 Å². The number of nitrogens with zero attached hydrogens (tertiary/aromatic N) is 4. The molecule has 4 atom stereocenters. The molecule has 13 nitrogen and oxygen atoms in total. The Morgan fingerprint density at radius 1 is 1.04 bits per heavy atom. The van der Waals surface area contributed by atoms with Crippen LogP contribution in [0.1, 0.15) is 55.6 Å². The number of aromatic nitrogens is 1. The van der Waals surface area contributed by atoms with Crippen molar-refractivity contribution in [1.29, 1.82) is 0 Å². The van der Waals surface area contributed by atoms with Gasteiger partial charge in [-0.1, -0.05) is 50.2 Å². The number of aryl methyl sites for hydroxylation is 1. The van der Waals surface area contributed by atoms with Gasteiger partial charge in [-0.3, -0.25) is 19.4 Å². The zero-order chi connectivity index (χ0) is 40.3. The van der Waals surface area contributed by atoms with Crippen molar-refractivity contribution in [2.75, 3.05) is 54.0 Å². The molecule has 1 aromatic heterocycles. The maximum Gasteiger partial charge on any atom is 0.317 e. The fourth-order valence-corrected chi connectivity index (χ4v) is 7.58. The van der Waals surface area contributed by atoms with Crippen molar-refractivity contribution < 1.29 is 29.0 Å². The third-order valence-electron chi connectivity index (χ3n) is 9.77. The predicted octanol–water partition coefficient (Wildman–Crippen LogP) is 4.07. The molecule has 1 aliphatic rings. The van der Waals surface area contributed by atoms with Crippen molar-refractivity contribution in [3.8, 4) is 11.5 Å². The molecule has 0 spiro atoms. The van der Waals surface area contributed by atoms with Gasteiger partial charge in [-0.2, -0.15) is 0 Å². The second-order valence-corrected chi connectivity index (χ2v) is 17.1. The van der Waals surface area contributed by atoms with Gasteiger partial charge in [0.15, 0.2) is 11.5 Å². The van der Waals surface area contributed by atoms with Crippen molar-refractivity contribution in [3.63, 3.8) is 0 Å². The second kappa shape index (κ2) is 20.1. The molecule has 0 aliphatic carbocycles. The van der Waals surface area contributed by atoms with Crippen LogP contribution >= 0.6 is 11.3 Å². The summed E-state index contributed by atoms with van der Waals surface area (Å²) in [6.45, 7) is 14.7. The minimum Gasteiger partial charge on any atom is -0.493 e. The Labute approximate surface area is 330 Å². The number of aliphatic hydroxyl groups excluding tert-OH is 1. The molecule has 2 heterocycles. The molecule has 1 fully saturated rings. The first kappa shape index (κ1) is 43.5. The minimum atomic E-state index is -0.997. The highest BCUT2D eigenvalue weighted by atomic mass is 32.1. The van der Waals surface area contributed by atoms with Gasteiger partial charge in [0.25, 0.3) is 0 Å². The van der Waals surface area contributed by atoms with Crippen molar-refractivity contribution in [2.45, 2.75) is 84.8 Å². The van der Waals surface area contributed by atoms with Crippen molar-refractivity contribution in [1.82, 2.24) is 35.6 Å². The van der Waals surface area contributed by atoms with Crippen LogP contribution in [0.25, 0.3) is 0 Å². The van der Waals surface area contributed by atoms with E-state index in [0.29, 0.717) is 50.6 Å². The molecule has 1 saturated heterocycles. The number of hydrogen-bond acceptors (Lipinski definition) is 10. The molecule has 0 bridgehead atoms. The summed E-state index contributed by atoms with van der Waals surface area (Å²) in [5.74, 6) is 0.294. The number of carbonyl (C=O) groups is 3. The lowest BCUT2D eigenvalue weighted by atomic mass is 9.93. The first-order valence-electron chi connectivity index (χ1n) is 19.0. The number of methoxy groups -OCH3 is 2. The van der Waals surface area contributed by atoms with Gasteiger partial charge in [-0.05, 0) is 63.3 Å². The summed E-state index contributed by atoms with van der Waals surface area (Å²) >= 11 is 1.54. The van der Waals surface area contributed by atoms with E-state index in [1.807, 2.05) is 95.0 Å². The summed E-state index contributed by atoms with van der Waals surface area (Å²) in [7, 11) is 4.93. The first-order valence-corrected chi connectivity index (χ1v) is 19.8. The van der Waals surface area contributed by atoms with E-state index < -0.39 is 29.6 Å².